The molecule has 0 atom stereocenters. The largest absolute Gasteiger partial charge is 0.322 e. The molecule has 5 nitrogen and oxygen atoms in total. The molecule has 0 aliphatic heterocycles. The summed E-state index contributed by atoms with van der Waals surface area (Å²) in [6, 6.07) is 19.6. The maximum atomic E-state index is 12.5. The Labute approximate surface area is 173 Å². The second-order valence-corrected chi connectivity index (χ2v) is 8.82. The molecule has 28 heavy (non-hydrogen) atoms. The first-order valence-electron chi connectivity index (χ1n) is 8.21. The van der Waals surface area contributed by atoms with Gasteiger partial charge in [0.25, 0.3) is 15.9 Å². The van der Waals surface area contributed by atoms with Crippen molar-refractivity contribution in [2.75, 3.05) is 16.3 Å². The highest BCUT2D eigenvalue weighted by Gasteiger charge is 2.14. The van der Waals surface area contributed by atoms with E-state index in [1.807, 2.05) is 6.26 Å². The van der Waals surface area contributed by atoms with Crippen molar-refractivity contribution in [3.63, 3.8) is 0 Å². The maximum Gasteiger partial charge on any atom is 0.261 e. The van der Waals surface area contributed by atoms with Crippen molar-refractivity contribution >= 4 is 50.7 Å². The van der Waals surface area contributed by atoms with Crippen LogP contribution in [0.2, 0.25) is 5.02 Å². The van der Waals surface area contributed by atoms with Gasteiger partial charge >= 0.3 is 0 Å². The van der Waals surface area contributed by atoms with Gasteiger partial charge in [-0.2, -0.15) is 0 Å². The van der Waals surface area contributed by atoms with Crippen LogP contribution in [0, 0.1) is 0 Å². The quantitative estimate of drug-likeness (QED) is 0.530. The van der Waals surface area contributed by atoms with Crippen LogP contribution in [0.5, 0.6) is 0 Å². The summed E-state index contributed by atoms with van der Waals surface area (Å²) in [6.07, 6.45) is 1.92. The third kappa shape index (κ3) is 5.07. The van der Waals surface area contributed by atoms with Crippen LogP contribution in [-0.2, 0) is 10.0 Å². The number of anilines is 2. The molecule has 0 radical (unpaired) electrons. The molecule has 0 aliphatic carbocycles. The number of rotatable bonds is 6. The summed E-state index contributed by atoms with van der Waals surface area (Å²) >= 11 is 7.44. The van der Waals surface area contributed by atoms with Gasteiger partial charge in [0.1, 0.15) is 0 Å². The molecule has 0 spiro atoms. The predicted molar refractivity (Wildman–Crippen MR) is 115 cm³/mol. The van der Waals surface area contributed by atoms with Gasteiger partial charge < -0.3 is 5.32 Å². The van der Waals surface area contributed by atoms with Gasteiger partial charge in [-0.1, -0.05) is 17.7 Å². The van der Waals surface area contributed by atoms with Gasteiger partial charge in [0.05, 0.1) is 4.90 Å². The van der Waals surface area contributed by atoms with Gasteiger partial charge in [0.15, 0.2) is 0 Å². The fourth-order valence-electron chi connectivity index (χ4n) is 2.43. The smallest absolute Gasteiger partial charge is 0.261 e. The Morgan fingerprint density at radius 3 is 2.21 bits per heavy atom. The van der Waals surface area contributed by atoms with Crippen LogP contribution in [0.25, 0.3) is 0 Å². The summed E-state index contributed by atoms with van der Waals surface area (Å²) in [4.78, 5) is 13.5. The van der Waals surface area contributed by atoms with Crippen LogP contribution >= 0.6 is 23.4 Å². The fourth-order valence-corrected chi connectivity index (χ4v) is 4.09. The summed E-state index contributed by atoms with van der Waals surface area (Å²) < 4.78 is 27.5. The van der Waals surface area contributed by atoms with Gasteiger partial charge in [-0.25, -0.2) is 8.42 Å². The highest BCUT2D eigenvalue weighted by molar-refractivity contribution is 7.98. The van der Waals surface area contributed by atoms with E-state index in [0.717, 1.165) is 4.90 Å². The average Bonchev–Trinajstić information content (AvgIpc) is 2.68. The zero-order valence-corrected chi connectivity index (χ0v) is 17.2. The topological polar surface area (TPSA) is 75.3 Å². The van der Waals surface area contributed by atoms with Crippen LogP contribution in [0.3, 0.4) is 0 Å². The molecule has 0 saturated carbocycles. The number of carbonyl (C=O) groups is 1. The molecule has 0 aliphatic rings. The maximum absolute atomic E-state index is 12.5. The Morgan fingerprint density at radius 2 is 1.61 bits per heavy atom. The van der Waals surface area contributed by atoms with Crippen molar-refractivity contribution in [3.05, 3.63) is 83.4 Å². The lowest BCUT2D eigenvalue weighted by molar-refractivity contribution is 0.102. The fraction of sp³-hybridized carbons (Fsp3) is 0.0500. The summed E-state index contributed by atoms with van der Waals surface area (Å²) in [7, 11) is -3.70. The third-order valence-corrected chi connectivity index (χ3v) is 6.23. The number of hydrogen-bond donors (Lipinski definition) is 2. The average molecular weight is 433 g/mol. The van der Waals surface area contributed by atoms with Gasteiger partial charge in [-0.05, 0) is 73.0 Å². The minimum atomic E-state index is -3.70. The van der Waals surface area contributed by atoms with Crippen molar-refractivity contribution in [3.8, 4) is 0 Å². The number of nitrogens with one attached hydrogen (secondary N) is 2. The monoisotopic (exact) mass is 432 g/mol. The van der Waals surface area contributed by atoms with E-state index < -0.39 is 10.0 Å². The molecule has 3 aromatic rings. The van der Waals surface area contributed by atoms with E-state index >= 15 is 0 Å². The first-order valence-corrected chi connectivity index (χ1v) is 11.3. The second-order valence-electron chi connectivity index (χ2n) is 5.82. The molecular weight excluding hydrogens is 416 g/mol. The Balaban J connectivity index is 1.70. The number of carbonyl (C=O) groups excluding carboxylic acids is 1. The zero-order chi connectivity index (χ0) is 20.1. The van der Waals surface area contributed by atoms with Gasteiger partial charge in [-0.3, -0.25) is 9.52 Å². The number of halogens is 1. The van der Waals surface area contributed by atoms with E-state index in [1.165, 1.54) is 11.8 Å². The molecule has 1 amide bonds. The molecule has 3 aromatic carbocycles. The number of hydrogen-bond acceptors (Lipinski definition) is 4. The highest BCUT2D eigenvalue weighted by Crippen LogP contribution is 2.21. The van der Waals surface area contributed by atoms with Crippen LogP contribution in [-0.4, -0.2) is 20.6 Å². The lowest BCUT2D eigenvalue weighted by atomic mass is 10.2. The Kier molecular flexibility index (Phi) is 6.28. The van der Waals surface area contributed by atoms with Crippen molar-refractivity contribution in [2.24, 2.45) is 0 Å². The Bertz CT molecular complexity index is 1080. The zero-order valence-electron chi connectivity index (χ0n) is 14.8. The minimum absolute atomic E-state index is 0.174. The van der Waals surface area contributed by atoms with Gasteiger partial charge in [0.2, 0.25) is 0 Å². The minimum Gasteiger partial charge on any atom is -0.322 e. The standard InChI is InChI=1S/C20H17ClN2O3S2/c1-27-18-9-11-19(12-10-18)28(25,26)23-16-7-5-14(6-8-16)20(24)22-17-4-2-3-15(21)13-17/h2-13,23H,1H3,(H,22,24). The van der Waals surface area contributed by atoms with Crippen LogP contribution in [0.4, 0.5) is 11.4 Å². The third-order valence-electron chi connectivity index (χ3n) is 3.85. The van der Waals surface area contributed by atoms with Crippen molar-refractivity contribution in [1.29, 1.82) is 0 Å². The Hall–Kier alpha value is -2.48. The van der Waals surface area contributed by atoms with Gasteiger partial charge in [0, 0.05) is 26.9 Å². The second kappa shape index (κ2) is 8.68. The lowest BCUT2D eigenvalue weighted by Crippen LogP contribution is -2.14. The van der Waals surface area contributed by atoms with E-state index in [2.05, 4.69) is 10.0 Å². The van der Waals surface area contributed by atoms with E-state index in [1.54, 1.807) is 72.8 Å². The SMILES string of the molecule is CSc1ccc(S(=O)(=O)Nc2ccc(C(=O)Nc3cccc(Cl)c3)cc2)cc1. The van der Waals surface area contributed by atoms with Crippen molar-refractivity contribution < 1.29 is 13.2 Å². The van der Waals surface area contributed by atoms with Crippen LogP contribution < -0.4 is 10.0 Å². The summed E-state index contributed by atoms with van der Waals surface area (Å²) in [5.74, 6) is -0.315. The van der Waals surface area contributed by atoms with Crippen molar-refractivity contribution in [1.82, 2.24) is 0 Å². The summed E-state index contributed by atoms with van der Waals surface area (Å²) in [5, 5.41) is 3.26. The molecule has 0 aromatic heterocycles. The molecule has 0 unspecified atom stereocenters. The number of benzene rings is 3. The van der Waals surface area contributed by atoms with Crippen LogP contribution in [0.1, 0.15) is 10.4 Å². The number of thioether (sulfide) groups is 1. The molecule has 0 saturated heterocycles. The van der Waals surface area contributed by atoms with Crippen molar-refractivity contribution in [2.45, 2.75) is 9.79 Å². The molecule has 8 heteroatoms. The number of sulfonamides is 1. The first-order chi connectivity index (χ1) is 13.4. The normalized spacial score (nSPS) is 11.1. The molecule has 144 valence electrons. The van der Waals surface area contributed by atoms with E-state index in [0.29, 0.717) is 22.0 Å². The highest BCUT2D eigenvalue weighted by atomic mass is 35.5. The molecule has 0 fully saturated rings. The first kappa shape index (κ1) is 20.3. The lowest BCUT2D eigenvalue weighted by Gasteiger charge is -2.10. The number of amides is 1. The van der Waals surface area contributed by atoms with E-state index in [-0.39, 0.29) is 10.8 Å². The Morgan fingerprint density at radius 1 is 0.929 bits per heavy atom. The molecule has 0 bridgehead atoms. The van der Waals surface area contributed by atoms with Crippen LogP contribution in [0.15, 0.2) is 82.6 Å². The summed E-state index contributed by atoms with van der Waals surface area (Å²) in [5.41, 5.74) is 1.34. The molecule has 2 N–H and O–H groups in total. The van der Waals surface area contributed by atoms with Gasteiger partial charge in [-0.15, -0.1) is 11.8 Å². The molecule has 0 heterocycles. The summed E-state index contributed by atoms with van der Waals surface area (Å²) in [6.45, 7) is 0. The van der Waals surface area contributed by atoms with E-state index in [9.17, 15) is 13.2 Å². The molecule has 3 rings (SSSR count). The van der Waals surface area contributed by atoms with E-state index in [4.69, 9.17) is 11.6 Å². The molecular formula is C20H17ClN2O3S2. The predicted octanol–water partition coefficient (Wildman–Crippen LogP) is 5.12.